The molecular formula is C23H41N5O4. The molecule has 0 heterocycles. The number of hydrogen-bond acceptors (Lipinski definition) is 5. The van der Waals surface area contributed by atoms with Crippen LogP contribution in [0, 0.1) is 10.8 Å². The van der Waals surface area contributed by atoms with Gasteiger partial charge in [-0.15, -0.1) is 0 Å². The summed E-state index contributed by atoms with van der Waals surface area (Å²) in [4.78, 5) is 50.0. The minimum absolute atomic E-state index is 0.0450. The van der Waals surface area contributed by atoms with Gasteiger partial charge in [0.05, 0.1) is 13.1 Å². The Morgan fingerprint density at radius 2 is 1.03 bits per heavy atom. The third-order valence-corrected chi connectivity index (χ3v) is 6.44. The molecule has 0 aliphatic heterocycles. The fraction of sp³-hybridized carbons (Fsp3) is 0.826. The first-order valence-electron chi connectivity index (χ1n) is 11.9. The van der Waals surface area contributed by atoms with Gasteiger partial charge in [0.2, 0.25) is 23.6 Å². The van der Waals surface area contributed by atoms with E-state index in [1.807, 2.05) is 32.6 Å². The molecule has 0 unspecified atom stereocenters. The van der Waals surface area contributed by atoms with Gasteiger partial charge in [0.15, 0.2) is 0 Å². The Morgan fingerprint density at radius 3 is 1.34 bits per heavy atom. The summed E-state index contributed by atoms with van der Waals surface area (Å²) in [5, 5.41) is 11.5. The van der Waals surface area contributed by atoms with Gasteiger partial charge >= 0.3 is 0 Å². The van der Waals surface area contributed by atoms with Crippen LogP contribution in [0.1, 0.15) is 66.2 Å². The molecule has 9 heteroatoms. The molecule has 182 valence electrons. The summed E-state index contributed by atoms with van der Waals surface area (Å²) in [6, 6.07) is 0.0450. The van der Waals surface area contributed by atoms with Crippen molar-refractivity contribution >= 4 is 23.6 Å². The Morgan fingerprint density at radius 1 is 0.688 bits per heavy atom. The zero-order chi connectivity index (χ0) is 23.8. The smallest absolute Gasteiger partial charge is 0.234 e. The van der Waals surface area contributed by atoms with Crippen LogP contribution in [0.5, 0.6) is 0 Å². The highest BCUT2D eigenvalue weighted by molar-refractivity contribution is 5.85. The van der Waals surface area contributed by atoms with Gasteiger partial charge in [0.25, 0.3) is 0 Å². The van der Waals surface area contributed by atoms with Crippen molar-refractivity contribution in [3.63, 3.8) is 0 Å². The second kappa shape index (κ2) is 11.6. The van der Waals surface area contributed by atoms with Crippen molar-refractivity contribution in [1.29, 1.82) is 0 Å². The number of amides is 4. The molecule has 2 aliphatic carbocycles. The molecule has 2 aliphatic rings. The van der Waals surface area contributed by atoms with Gasteiger partial charge in [-0.05, 0) is 52.4 Å². The first kappa shape index (κ1) is 26.1. The lowest BCUT2D eigenvalue weighted by atomic mass is 10.1. The van der Waals surface area contributed by atoms with Gasteiger partial charge < -0.3 is 21.3 Å². The van der Waals surface area contributed by atoms with E-state index in [4.69, 9.17) is 0 Å². The molecule has 0 aromatic heterocycles. The highest BCUT2D eigenvalue weighted by Gasteiger charge is 2.45. The fourth-order valence-corrected chi connectivity index (χ4v) is 3.19. The van der Waals surface area contributed by atoms with Crippen LogP contribution in [0.3, 0.4) is 0 Å². The van der Waals surface area contributed by atoms with Crippen molar-refractivity contribution < 1.29 is 19.2 Å². The lowest BCUT2D eigenvalue weighted by Gasteiger charge is -2.25. The van der Waals surface area contributed by atoms with Crippen LogP contribution in [0.25, 0.3) is 0 Å². The highest BCUT2D eigenvalue weighted by Crippen LogP contribution is 2.45. The molecule has 4 N–H and O–H groups in total. The van der Waals surface area contributed by atoms with E-state index in [0.29, 0.717) is 39.0 Å². The largest absolute Gasteiger partial charge is 0.356 e. The molecule has 32 heavy (non-hydrogen) atoms. The third-order valence-electron chi connectivity index (χ3n) is 6.44. The summed E-state index contributed by atoms with van der Waals surface area (Å²) >= 11 is 0. The van der Waals surface area contributed by atoms with E-state index in [-0.39, 0.29) is 53.6 Å². The topological polar surface area (TPSA) is 120 Å². The average Bonchev–Trinajstić information content (AvgIpc) is 3.65. The summed E-state index contributed by atoms with van der Waals surface area (Å²) in [6.45, 7) is 10.2. The minimum atomic E-state index is -0.176. The number of rotatable bonds is 15. The van der Waals surface area contributed by atoms with Gasteiger partial charge in [0.1, 0.15) is 0 Å². The predicted octanol–water partition coefficient (Wildman–Crippen LogP) is 0.542. The quantitative estimate of drug-likeness (QED) is 0.271. The first-order chi connectivity index (χ1) is 15.1. The van der Waals surface area contributed by atoms with E-state index in [9.17, 15) is 19.2 Å². The number of nitrogens with zero attached hydrogens (tertiary/aromatic N) is 1. The minimum Gasteiger partial charge on any atom is -0.356 e. The highest BCUT2D eigenvalue weighted by atomic mass is 16.2. The van der Waals surface area contributed by atoms with Crippen LogP contribution in [0.15, 0.2) is 0 Å². The summed E-state index contributed by atoms with van der Waals surface area (Å²) in [6.07, 6.45) is 5.14. The van der Waals surface area contributed by atoms with Gasteiger partial charge in [-0.25, -0.2) is 0 Å². The van der Waals surface area contributed by atoms with E-state index in [2.05, 4.69) is 21.3 Å². The van der Waals surface area contributed by atoms with Crippen LogP contribution in [-0.4, -0.2) is 73.8 Å². The summed E-state index contributed by atoms with van der Waals surface area (Å²) in [5.74, 6) is -0.0766. The summed E-state index contributed by atoms with van der Waals surface area (Å²) in [7, 11) is 0. The number of hydrogen-bond donors (Lipinski definition) is 4. The Kier molecular flexibility index (Phi) is 9.48. The van der Waals surface area contributed by atoms with Crippen LogP contribution >= 0.6 is 0 Å². The van der Waals surface area contributed by atoms with Crippen molar-refractivity contribution in [3.8, 4) is 0 Å². The van der Waals surface area contributed by atoms with E-state index in [1.165, 1.54) is 0 Å². The molecule has 0 aromatic rings. The van der Waals surface area contributed by atoms with E-state index in [0.717, 1.165) is 25.7 Å². The zero-order valence-electron chi connectivity index (χ0n) is 20.1. The van der Waals surface area contributed by atoms with Gasteiger partial charge in [-0.1, -0.05) is 13.8 Å². The van der Waals surface area contributed by atoms with Crippen LogP contribution in [0.4, 0.5) is 0 Å². The van der Waals surface area contributed by atoms with Gasteiger partial charge in [-0.3, -0.25) is 24.1 Å². The maximum atomic E-state index is 12.2. The molecule has 2 fully saturated rings. The van der Waals surface area contributed by atoms with E-state index >= 15 is 0 Å². The van der Waals surface area contributed by atoms with Crippen molar-refractivity contribution in [2.45, 2.75) is 72.3 Å². The van der Waals surface area contributed by atoms with Crippen LogP contribution in [-0.2, 0) is 19.2 Å². The summed E-state index contributed by atoms with van der Waals surface area (Å²) < 4.78 is 0. The molecular weight excluding hydrogens is 410 g/mol. The summed E-state index contributed by atoms with van der Waals surface area (Å²) in [5.41, 5.74) is -0.352. The molecule has 2 saturated carbocycles. The number of carbonyl (C=O) groups excluding carboxylic acids is 4. The molecule has 0 radical (unpaired) electrons. The molecule has 0 saturated heterocycles. The standard InChI is InChI=1S/C23H41N5O4/c1-17(2)28(15-18(29)24-11-5-13-26-20(31)22(3)7-8-22)16-19(30)25-12-6-14-27-21(32)23(4)9-10-23/h17H,5-16H2,1-4H3,(H,24,29)(H,25,30)(H,26,31)(H,27,32). The molecule has 9 nitrogen and oxygen atoms in total. The van der Waals surface area contributed by atoms with Crippen LogP contribution in [0.2, 0.25) is 0 Å². The van der Waals surface area contributed by atoms with E-state index < -0.39 is 0 Å². The third kappa shape index (κ3) is 8.76. The van der Waals surface area contributed by atoms with Crippen molar-refractivity contribution in [3.05, 3.63) is 0 Å². The lowest BCUT2D eigenvalue weighted by Crippen LogP contribution is -2.46. The first-order valence-corrected chi connectivity index (χ1v) is 11.9. The maximum absolute atomic E-state index is 12.2. The van der Waals surface area contributed by atoms with E-state index in [1.54, 1.807) is 0 Å². The van der Waals surface area contributed by atoms with Gasteiger partial charge in [-0.2, -0.15) is 0 Å². The molecule has 0 spiro atoms. The Hall–Kier alpha value is -2.16. The van der Waals surface area contributed by atoms with Crippen molar-refractivity contribution in [2.75, 3.05) is 39.3 Å². The molecule has 4 amide bonds. The monoisotopic (exact) mass is 451 g/mol. The zero-order valence-corrected chi connectivity index (χ0v) is 20.1. The molecule has 0 aromatic carbocycles. The Labute approximate surface area is 191 Å². The van der Waals surface area contributed by atoms with Crippen molar-refractivity contribution in [2.24, 2.45) is 10.8 Å². The second-order valence-corrected chi connectivity index (χ2v) is 10.0. The molecule has 0 bridgehead atoms. The average molecular weight is 452 g/mol. The number of nitrogens with one attached hydrogen (secondary N) is 4. The fourth-order valence-electron chi connectivity index (χ4n) is 3.19. The second-order valence-electron chi connectivity index (χ2n) is 10.0. The lowest BCUT2D eigenvalue weighted by molar-refractivity contribution is -0.126. The Bertz CT molecular complexity index is 632. The van der Waals surface area contributed by atoms with Gasteiger partial charge in [0, 0.05) is 43.1 Å². The SMILES string of the molecule is CC(C)N(CC(=O)NCCCNC(=O)C1(C)CC1)CC(=O)NCCCNC(=O)C1(C)CC1. The Balaban J connectivity index is 1.54. The normalized spacial score (nSPS) is 17.6. The number of carbonyl (C=O) groups is 4. The predicted molar refractivity (Wildman–Crippen MR) is 123 cm³/mol. The molecule has 2 rings (SSSR count). The van der Waals surface area contributed by atoms with Crippen molar-refractivity contribution in [1.82, 2.24) is 26.2 Å². The molecule has 0 atom stereocenters. The van der Waals surface area contributed by atoms with Crippen LogP contribution < -0.4 is 21.3 Å². The maximum Gasteiger partial charge on any atom is 0.234 e.